The fourth-order valence-electron chi connectivity index (χ4n) is 2.30. The number of halogens is 1. The Morgan fingerprint density at radius 2 is 2.06 bits per heavy atom. The molecule has 0 bridgehead atoms. The van der Waals surface area contributed by atoms with Crippen molar-refractivity contribution >= 4 is 0 Å². The summed E-state index contributed by atoms with van der Waals surface area (Å²) in [5.41, 5.74) is -0.169. The Morgan fingerprint density at radius 1 is 1.38 bits per heavy atom. The molecule has 0 amide bonds. The van der Waals surface area contributed by atoms with Crippen LogP contribution >= 0.6 is 0 Å². The van der Waals surface area contributed by atoms with Crippen LogP contribution < -0.4 is 10.1 Å². The SMILES string of the molecule is COc1ccc(C2NCCCC2(C)F)cc1. The second-order valence-corrected chi connectivity index (χ2v) is 4.54. The van der Waals surface area contributed by atoms with Gasteiger partial charge in [0.25, 0.3) is 0 Å². The van der Waals surface area contributed by atoms with E-state index >= 15 is 0 Å². The molecule has 1 fully saturated rings. The molecule has 1 aliphatic heterocycles. The minimum absolute atomic E-state index is 0.202. The molecule has 0 aromatic heterocycles. The molecule has 0 radical (unpaired) electrons. The smallest absolute Gasteiger partial charge is 0.127 e. The van der Waals surface area contributed by atoms with E-state index in [1.54, 1.807) is 14.0 Å². The Labute approximate surface area is 95.8 Å². The van der Waals surface area contributed by atoms with Crippen LogP contribution in [-0.4, -0.2) is 19.3 Å². The first kappa shape index (κ1) is 11.4. The third kappa shape index (κ3) is 2.19. The fourth-order valence-corrected chi connectivity index (χ4v) is 2.30. The van der Waals surface area contributed by atoms with Gasteiger partial charge in [0.05, 0.1) is 13.2 Å². The summed E-state index contributed by atoms with van der Waals surface area (Å²) in [6, 6.07) is 7.41. The highest BCUT2D eigenvalue weighted by Crippen LogP contribution is 2.36. The summed E-state index contributed by atoms with van der Waals surface area (Å²) in [6.45, 7) is 2.56. The standard InChI is InChI=1S/C13H18FNO/c1-13(14)8-3-9-15-12(13)10-4-6-11(16-2)7-5-10/h4-7,12,15H,3,8-9H2,1-2H3. The maximum absolute atomic E-state index is 14.3. The average Bonchev–Trinajstić information content (AvgIpc) is 2.29. The molecule has 0 saturated carbocycles. The normalized spacial score (nSPS) is 30.1. The first-order valence-corrected chi connectivity index (χ1v) is 5.70. The minimum Gasteiger partial charge on any atom is -0.497 e. The van der Waals surface area contributed by atoms with Crippen molar-refractivity contribution in [3.8, 4) is 5.75 Å². The number of rotatable bonds is 2. The molecule has 1 heterocycles. The molecule has 1 aromatic rings. The van der Waals surface area contributed by atoms with Crippen LogP contribution in [-0.2, 0) is 0 Å². The molecule has 0 spiro atoms. The zero-order chi connectivity index (χ0) is 11.6. The quantitative estimate of drug-likeness (QED) is 0.832. The third-order valence-corrected chi connectivity index (χ3v) is 3.24. The van der Waals surface area contributed by atoms with E-state index in [9.17, 15) is 4.39 Å². The van der Waals surface area contributed by atoms with Gasteiger partial charge in [-0.05, 0) is 44.0 Å². The molecule has 1 aliphatic rings. The number of ether oxygens (including phenoxy) is 1. The summed E-state index contributed by atoms with van der Waals surface area (Å²) in [7, 11) is 1.63. The third-order valence-electron chi connectivity index (χ3n) is 3.24. The molecular weight excluding hydrogens is 205 g/mol. The van der Waals surface area contributed by atoms with Gasteiger partial charge < -0.3 is 10.1 Å². The Balaban J connectivity index is 2.21. The number of alkyl halides is 1. The number of nitrogens with one attached hydrogen (secondary N) is 1. The monoisotopic (exact) mass is 223 g/mol. The summed E-state index contributed by atoms with van der Waals surface area (Å²) in [5, 5.41) is 3.25. The molecular formula is C13H18FNO. The second kappa shape index (κ2) is 4.42. The Kier molecular flexibility index (Phi) is 3.15. The molecule has 2 atom stereocenters. The lowest BCUT2D eigenvalue weighted by Gasteiger charge is -2.36. The van der Waals surface area contributed by atoms with Crippen molar-refractivity contribution in [3.63, 3.8) is 0 Å². The number of methoxy groups -OCH3 is 1. The Hall–Kier alpha value is -1.09. The highest BCUT2D eigenvalue weighted by Gasteiger charge is 2.37. The van der Waals surface area contributed by atoms with Crippen LogP contribution in [0.3, 0.4) is 0 Å². The minimum atomic E-state index is -1.16. The first-order valence-electron chi connectivity index (χ1n) is 5.70. The molecule has 0 aliphatic carbocycles. The molecule has 1 aromatic carbocycles. The highest BCUT2D eigenvalue weighted by atomic mass is 19.1. The molecule has 2 rings (SSSR count). The maximum atomic E-state index is 14.3. The van der Waals surface area contributed by atoms with Crippen molar-refractivity contribution in [1.29, 1.82) is 0 Å². The van der Waals surface area contributed by atoms with Gasteiger partial charge in [0.15, 0.2) is 0 Å². The second-order valence-electron chi connectivity index (χ2n) is 4.54. The molecule has 3 heteroatoms. The summed E-state index contributed by atoms with van der Waals surface area (Å²) >= 11 is 0. The molecule has 2 nitrogen and oxygen atoms in total. The van der Waals surface area contributed by atoms with E-state index in [4.69, 9.17) is 4.74 Å². The number of piperidine rings is 1. The van der Waals surface area contributed by atoms with Gasteiger partial charge in [0.2, 0.25) is 0 Å². The summed E-state index contributed by atoms with van der Waals surface area (Å²) in [6.07, 6.45) is 1.52. The molecule has 2 unspecified atom stereocenters. The van der Waals surface area contributed by atoms with Crippen LogP contribution in [0.25, 0.3) is 0 Å². The van der Waals surface area contributed by atoms with Crippen LogP contribution in [0.2, 0.25) is 0 Å². The first-order chi connectivity index (χ1) is 7.63. The van der Waals surface area contributed by atoms with Crippen molar-refractivity contribution < 1.29 is 9.13 Å². The van der Waals surface area contributed by atoms with Gasteiger partial charge in [-0.2, -0.15) is 0 Å². The summed E-state index contributed by atoms with van der Waals surface area (Å²) in [5.74, 6) is 0.806. The van der Waals surface area contributed by atoms with E-state index in [1.165, 1.54) is 0 Å². The van der Waals surface area contributed by atoms with Gasteiger partial charge in [0, 0.05) is 0 Å². The largest absolute Gasteiger partial charge is 0.497 e. The van der Waals surface area contributed by atoms with Crippen LogP contribution in [0.5, 0.6) is 5.75 Å². The van der Waals surface area contributed by atoms with Crippen molar-refractivity contribution in [2.24, 2.45) is 0 Å². The van der Waals surface area contributed by atoms with E-state index in [0.29, 0.717) is 6.42 Å². The number of benzene rings is 1. The van der Waals surface area contributed by atoms with E-state index in [-0.39, 0.29) is 6.04 Å². The lowest BCUT2D eigenvalue weighted by Crippen LogP contribution is -2.43. The molecule has 16 heavy (non-hydrogen) atoms. The van der Waals surface area contributed by atoms with E-state index in [0.717, 1.165) is 24.3 Å². The highest BCUT2D eigenvalue weighted by molar-refractivity contribution is 5.30. The number of hydrogen-bond acceptors (Lipinski definition) is 2. The van der Waals surface area contributed by atoms with Gasteiger partial charge in [0.1, 0.15) is 11.4 Å². The zero-order valence-electron chi connectivity index (χ0n) is 9.79. The maximum Gasteiger partial charge on any atom is 0.127 e. The van der Waals surface area contributed by atoms with Gasteiger partial charge in [-0.25, -0.2) is 4.39 Å². The zero-order valence-corrected chi connectivity index (χ0v) is 9.79. The van der Waals surface area contributed by atoms with Crippen LogP contribution in [0.4, 0.5) is 4.39 Å². The average molecular weight is 223 g/mol. The van der Waals surface area contributed by atoms with Crippen molar-refractivity contribution in [1.82, 2.24) is 5.32 Å². The van der Waals surface area contributed by atoms with Crippen LogP contribution in [0.15, 0.2) is 24.3 Å². The van der Waals surface area contributed by atoms with E-state index in [1.807, 2.05) is 24.3 Å². The topological polar surface area (TPSA) is 21.3 Å². The Morgan fingerprint density at radius 3 is 2.62 bits per heavy atom. The summed E-state index contributed by atoms with van der Waals surface area (Å²) in [4.78, 5) is 0. The van der Waals surface area contributed by atoms with Gasteiger partial charge in [-0.1, -0.05) is 12.1 Å². The van der Waals surface area contributed by atoms with Crippen molar-refractivity contribution in [2.75, 3.05) is 13.7 Å². The Bertz CT molecular complexity index is 347. The lowest BCUT2D eigenvalue weighted by atomic mass is 9.85. The lowest BCUT2D eigenvalue weighted by molar-refractivity contribution is 0.0883. The van der Waals surface area contributed by atoms with E-state index in [2.05, 4.69) is 5.32 Å². The van der Waals surface area contributed by atoms with Gasteiger partial charge >= 0.3 is 0 Å². The molecule has 1 N–H and O–H groups in total. The van der Waals surface area contributed by atoms with Gasteiger partial charge in [-0.3, -0.25) is 0 Å². The van der Waals surface area contributed by atoms with E-state index < -0.39 is 5.67 Å². The van der Waals surface area contributed by atoms with Crippen molar-refractivity contribution in [3.05, 3.63) is 29.8 Å². The van der Waals surface area contributed by atoms with Gasteiger partial charge in [-0.15, -0.1) is 0 Å². The molecule has 88 valence electrons. The number of hydrogen-bond donors (Lipinski definition) is 1. The van der Waals surface area contributed by atoms with Crippen LogP contribution in [0.1, 0.15) is 31.4 Å². The predicted molar refractivity (Wildman–Crippen MR) is 62.5 cm³/mol. The summed E-state index contributed by atoms with van der Waals surface area (Å²) < 4.78 is 19.4. The fraction of sp³-hybridized carbons (Fsp3) is 0.538. The predicted octanol–water partition coefficient (Wildman–Crippen LogP) is 2.85. The molecule has 1 saturated heterocycles. The van der Waals surface area contributed by atoms with Crippen molar-refractivity contribution in [2.45, 2.75) is 31.5 Å². The van der Waals surface area contributed by atoms with Crippen LogP contribution in [0, 0.1) is 0 Å².